The van der Waals surface area contributed by atoms with Gasteiger partial charge in [-0.1, -0.05) is 30.3 Å². The molecule has 6 nitrogen and oxygen atoms in total. The van der Waals surface area contributed by atoms with Gasteiger partial charge >= 0.3 is 0 Å². The monoisotopic (exact) mass is 321 g/mol. The van der Waals surface area contributed by atoms with E-state index in [1.54, 1.807) is 18.2 Å². The molecule has 6 heteroatoms. The van der Waals surface area contributed by atoms with Crippen LogP contribution in [0.25, 0.3) is 0 Å². The zero-order valence-corrected chi connectivity index (χ0v) is 13.0. The van der Waals surface area contributed by atoms with Crippen LogP contribution in [0.2, 0.25) is 0 Å². The maximum atomic E-state index is 12.3. The quantitative estimate of drug-likeness (QED) is 0.802. The van der Waals surface area contributed by atoms with Crippen LogP contribution < -0.4 is 15.6 Å². The summed E-state index contributed by atoms with van der Waals surface area (Å²) in [6.07, 6.45) is 0. The molecule has 2 aromatic carbocycles. The van der Waals surface area contributed by atoms with Crippen molar-refractivity contribution in [3.8, 4) is 11.5 Å². The minimum absolute atomic E-state index is 0.145. The molecule has 1 aromatic heterocycles. The number of carbonyl (C=O) groups is 1. The van der Waals surface area contributed by atoms with E-state index in [-0.39, 0.29) is 11.3 Å². The predicted molar refractivity (Wildman–Crippen MR) is 90.4 cm³/mol. The van der Waals surface area contributed by atoms with Gasteiger partial charge in [-0.2, -0.15) is 5.10 Å². The summed E-state index contributed by atoms with van der Waals surface area (Å²) in [5.74, 6) is 0.760. The van der Waals surface area contributed by atoms with Gasteiger partial charge in [0.05, 0.1) is 5.69 Å². The molecule has 0 saturated carbocycles. The molecule has 1 N–H and O–H groups in total. The van der Waals surface area contributed by atoms with Crippen LogP contribution in [0.3, 0.4) is 0 Å². The topological polar surface area (TPSA) is 73.2 Å². The Morgan fingerprint density at radius 2 is 1.71 bits per heavy atom. The van der Waals surface area contributed by atoms with Gasteiger partial charge in [-0.05, 0) is 30.3 Å². The maximum Gasteiger partial charge on any atom is 0.276 e. The molecule has 0 aliphatic carbocycles. The second-order valence-corrected chi connectivity index (χ2v) is 5.05. The van der Waals surface area contributed by atoms with Crippen molar-refractivity contribution in [3.63, 3.8) is 0 Å². The van der Waals surface area contributed by atoms with Gasteiger partial charge in [0.25, 0.3) is 11.5 Å². The number of para-hydroxylation sites is 3. The third kappa shape index (κ3) is 3.49. The van der Waals surface area contributed by atoms with E-state index in [0.29, 0.717) is 17.2 Å². The number of amides is 1. The number of carbonyl (C=O) groups excluding carboxylic acids is 1. The Bertz CT molecular complexity index is 920. The fraction of sp³-hybridized carbons (Fsp3) is 0.0556. The van der Waals surface area contributed by atoms with Crippen molar-refractivity contribution in [2.24, 2.45) is 7.05 Å². The molecular formula is C18H15N3O3. The van der Waals surface area contributed by atoms with Crippen LogP contribution in [0.1, 0.15) is 10.5 Å². The summed E-state index contributed by atoms with van der Waals surface area (Å²) in [6, 6.07) is 19.1. The Labute approximate surface area is 138 Å². The van der Waals surface area contributed by atoms with Crippen LogP contribution in [0.4, 0.5) is 5.69 Å². The van der Waals surface area contributed by atoms with Crippen molar-refractivity contribution in [3.05, 3.63) is 82.8 Å². The number of hydrogen-bond donors (Lipinski definition) is 1. The number of hydrogen-bond acceptors (Lipinski definition) is 4. The molecule has 1 heterocycles. The first-order valence-electron chi connectivity index (χ1n) is 7.31. The molecular weight excluding hydrogens is 306 g/mol. The molecule has 0 unspecified atom stereocenters. The highest BCUT2D eigenvalue weighted by Crippen LogP contribution is 2.29. The lowest BCUT2D eigenvalue weighted by Gasteiger charge is -2.12. The standard InChI is InChI=1S/C18H15N3O3/c1-21-17(22)12-11-15(20-21)18(23)19-14-9-5-6-10-16(14)24-13-7-3-2-4-8-13/h2-12H,1H3,(H,19,23). The lowest BCUT2D eigenvalue weighted by atomic mass is 10.2. The fourth-order valence-corrected chi connectivity index (χ4v) is 2.08. The summed E-state index contributed by atoms with van der Waals surface area (Å²) < 4.78 is 6.91. The van der Waals surface area contributed by atoms with Gasteiger partial charge in [0.15, 0.2) is 5.75 Å². The largest absolute Gasteiger partial charge is 0.455 e. The first-order valence-corrected chi connectivity index (χ1v) is 7.31. The number of nitrogens with one attached hydrogen (secondary N) is 1. The number of benzene rings is 2. The second-order valence-electron chi connectivity index (χ2n) is 5.05. The van der Waals surface area contributed by atoms with Crippen LogP contribution in [0.5, 0.6) is 11.5 Å². The average molecular weight is 321 g/mol. The average Bonchev–Trinajstić information content (AvgIpc) is 2.60. The van der Waals surface area contributed by atoms with E-state index in [9.17, 15) is 9.59 Å². The number of aryl methyl sites for hydroxylation is 1. The van der Waals surface area contributed by atoms with Crippen LogP contribution in [0.15, 0.2) is 71.5 Å². The molecule has 3 aromatic rings. The normalized spacial score (nSPS) is 10.2. The minimum Gasteiger partial charge on any atom is -0.455 e. The summed E-state index contributed by atoms with van der Waals surface area (Å²) in [6.45, 7) is 0. The molecule has 0 saturated heterocycles. The highest BCUT2D eigenvalue weighted by atomic mass is 16.5. The summed E-state index contributed by atoms with van der Waals surface area (Å²) >= 11 is 0. The fourth-order valence-electron chi connectivity index (χ4n) is 2.08. The minimum atomic E-state index is -0.422. The van der Waals surface area contributed by atoms with Gasteiger partial charge in [0, 0.05) is 13.1 Å². The van der Waals surface area contributed by atoms with Crippen molar-refractivity contribution in [2.45, 2.75) is 0 Å². The molecule has 24 heavy (non-hydrogen) atoms. The Balaban J connectivity index is 1.83. The van der Waals surface area contributed by atoms with E-state index >= 15 is 0 Å². The van der Waals surface area contributed by atoms with Crippen molar-refractivity contribution in [1.82, 2.24) is 9.78 Å². The molecule has 0 aliphatic heterocycles. The van der Waals surface area contributed by atoms with E-state index in [1.165, 1.54) is 19.2 Å². The summed E-state index contributed by atoms with van der Waals surface area (Å²) in [5, 5.41) is 6.69. The van der Waals surface area contributed by atoms with E-state index in [1.807, 2.05) is 36.4 Å². The number of anilines is 1. The SMILES string of the molecule is Cn1nc(C(=O)Nc2ccccc2Oc2ccccc2)ccc1=O. The zero-order chi connectivity index (χ0) is 16.9. The highest BCUT2D eigenvalue weighted by molar-refractivity contribution is 6.03. The molecule has 0 aliphatic rings. The van der Waals surface area contributed by atoms with E-state index in [2.05, 4.69) is 10.4 Å². The summed E-state index contributed by atoms with van der Waals surface area (Å²) in [5.41, 5.74) is 0.382. The third-order valence-corrected chi connectivity index (χ3v) is 3.30. The highest BCUT2D eigenvalue weighted by Gasteiger charge is 2.12. The summed E-state index contributed by atoms with van der Waals surface area (Å²) in [4.78, 5) is 23.7. The molecule has 0 bridgehead atoms. The van der Waals surface area contributed by atoms with E-state index in [4.69, 9.17) is 4.74 Å². The van der Waals surface area contributed by atoms with Gasteiger partial charge in [0.1, 0.15) is 11.4 Å². The van der Waals surface area contributed by atoms with Crippen molar-refractivity contribution in [2.75, 3.05) is 5.32 Å². The Morgan fingerprint density at radius 3 is 2.46 bits per heavy atom. The van der Waals surface area contributed by atoms with Gasteiger partial charge in [0.2, 0.25) is 0 Å². The Hall–Kier alpha value is -3.41. The van der Waals surface area contributed by atoms with Gasteiger partial charge in [-0.15, -0.1) is 0 Å². The number of aromatic nitrogens is 2. The van der Waals surface area contributed by atoms with Crippen molar-refractivity contribution >= 4 is 11.6 Å². The molecule has 0 atom stereocenters. The smallest absolute Gasteiger partial charge is 0.276 e. The molecule has 3 rings (SSSR count). The maximum absolute atomic E-state index is 12.3. The van der Waals surface area contributed by atoms with Crippen molar-refractivity contribution in [1.29, 1.82) is 0 Å². The first-order chi connectivity index (χ1) is 11.6. The number of rotatable bonds is 4. The third-order valence-electron chi connectivity index (χ3n) is 3.30. The van der Waals surface area contributed by atoms with Crippen LogP contribution in [-0.4, -0.2) is 15.7 Å². The van der Waals surface area contributed by atoms with Crippen molar-refractivity contribution < 1.29 is 9.53 Å². The lowest BCUT2D eigenvalue weighted by molar-refractivity contribution is 0.101. The second kappa shape index (κ2) is 6.78. The predicted octanol–water partition coefficient (Wildman–Crippen LogP) is 2.82. The lowest BCUT2D eigenvalue weighted by Crippen LogP contribution is -2.23. The molecule has 0 spiro atoms. The first kappa shape index (κ1) is 15.5. The Kier molecular flexibility index (Phi) is 4.38. The molecule has 0 radical (unpaired) electrons. The molecule has 1 amide bonds. The number of ether oxygens (including phenoxy) is 1. The Morgan fingerprint density at radius 1 is 1.00 bits per heavy atom. The molecule has 120 valence electrons. The summed E-state index contributed by atoms with van der Waals surface area (Å²) in [7, 11) is 1.49. The van der Waals surface area contributed by atoms with Crippen LogP contribution in [-0.2, 0) is 7.05 Å². The molecule has 0 fully saturated rings. The van der Waals surface area contributed by atoms with Gasteiger partial charge in [-0.3, -0.25) is 9.59 Å². The van der Waals surface area contributed by atoms with Crippen LogP contribution in [0, 0.1) is 0 Å². The van der Waals surface area contributed by atoms with E-state index in [0.717, 1.165) is 4.68 Å². The zero-order valence-electron chi connectivity index (χ0n) is 13.0. The number of nitrogens with zero attached hydrogens (tertiary/aromatic N) is 2. The van der Waals surface area contributed by atoms with E-state index < -0.39 is 5.91 Å². The van der Waals surface area contributed by atoms with Gasteiger partial charge < -0.3 is 10.1 Å². The van der Waals surface area contributed by atoms with Gasteiger partial charge in [-0.25, -0.2) is 4.68 Å². The van der Waals surface area contributed by atoms with Crippen LogP contribution >= 0.6 is 0 Å².